The molecule has 6 nitrogen and oxygen atoms in total. The van der Waals surface area contributed by atoms with Crippen LogP contribution in [0.1, 0.15) is 28.0 Å². The van der Waals surface area contributed by atoms with Crippen LogP contribution in [0.15, 0.2) is 36.4 Å². The van der Waals surface area contributed by atoms with E-state index < -0.39 is 5.91 Å². The molecule has 3 aromatic rings. The van der Waals surface area contributed by atoms with Gasteiger partial charge in [0.15, 0.2) is 0 Å². The molecule has 31 heavy (non-hydrogen) atoms. The molecule has 0 saturated carbocycles. The molecule has 0 radical (unpaired) electrons. The molecule has 1 aliphatic carbocycles. The van der Waals surface area contributed by atoms with Crippen LogP contribution in [0.2, 0.25) is 5.02 Å². The van der Waals surface area contributed by atoms with Gasteiger partial charge in [-0.05, 0) is 60.2 Å². The van der Waals surface area contributed by atoms with Crippen molar-refractivity contribution < 1.29 is 14.3 Å². The number of carbonyl (C=O) groups is 2. The average Bonchev–Trinajstić information content (AvgIpc) is 3.16. The quantitative estimate of drug-likeness (QED) is 0.656. The van der Waals surface area contributed by atoms with Crippen LogP contribution in [0, 0.1) is 5.92 Å². The molecular weight excluding hydrogens is 414 g/mol. The van der Waals surface area contributed by atoms with Crippen LogP contribution in [-0.2, 0) is 22.4 Å². The summed E-state index contributed by atoms with van der Waals surface area (Å²) in [5.74, 6) is -0.339. The maximum absolute atomic E-state index is 13.1. The number of hydrogen-bond donors (Lipinski definition) is 2. The molecule has 2 aliphatic rings. The number of aryl methyl sites for hydroxylation is 1. The number of aromatic nitrogens is 1. The van der Waals surface area contributed by atoms with Crippen LogP contribution in [-0.4, -0.2) is 48.0 Å². The number of amides is 2. The summed E-state index contributed by atoms with van der Waals surface area (Å²) in [5, 5.41) is 1.59. The Morgan fingerprint density at radius 3 is 2.68 bits per heavy atom. The normalized spacial score (nSPS) is 18.7. The fraction of sp³-hybridized carbons (Fsp3) is 0.333. The van der Waals surface area contributed by atoms with Crippen molar-refractivity contribution in [2.45, 2.75) is 19.3 Å². The molecule has 1 fully saturated rings. The molecule has 2 heterocycles. The summed E-state index contributed by atoms with van der Waals surface area (Å²) in [6.45, 7) is 2.51. The van der Waals surface area contributed by atoms with Crippen molar-refractivity contribution in [2.75, 3.05) is 26.3 Å². The zero-order valence-corrected chi connectivity index (χ0v) is 17.9. The molecule has 0 spiro atoms. The minimum Gasteiger partial charge on any atom is -0.378 e. The zero-order chi connectivity index (χ0) is 21.5. The van der Waals surface area contributed by atoms with E-state index in [-0.39, 0.29) is 11.8 Å². The highest BCUT2D eigenvalue weighted by molar-refractivity contribution is 6.30. The van der Waals surface area contributed by atoms with E-state index in [0.717, 1.165) is 46.1 Å². The van der Waals surface area contributed by atoms with E-state index in [1.165, 1.54) is 0 Å². The third kappa shape index (κ3) is 3.70. The van der Waals surface area contributed by atoms with Crippen LogP contribution in [0.5, 0.6) is 0 Å². The predicted molar refractivity (Wildman–Crippen MR) is 120 cm³/mol. The molecule has 1 aromatic heterocycles. The lowest BCUT2D eigenvalue weighted by Gasteiger charge is -2.32. The number of nitrogens with zero attached hydrogens (tertiary/aromatic N) is 1. The van der Waals surface area contributed by atoms with Crippen LogP contribution in [0.4, 0.5) is 0 Å². The lowest BCUT2D eigenvalue weighted by Crippen LogP contribution is -2.44. The summed E-state index contributed by atoms with van der Waals surface area (Å²) in [7, 11) is 0. The number of nitrogens with two attached hydrogens (primary N) is 1. The van der Waals surface area contributed by atoms with Gasteiger partial charge >= 0.3 is 0 Å². The van der Waals surface area contributed by atoms with Crippen LogP contribution < -0.4 is 5.73 Å². The number of carbonyl (C=O) groups excluding carboxylic acids is 2. The number of morpholine rings is 1. The van der Waals surface area contributed by atoms with Gasteiger partial charge in [0.05, 0.1) is 24.3 Å². The molecule has 2 aromatic carbocycles. The first-order valence-corrected chi connectivity index (χ1v) is 11.0. The fourth-order valence-corrected chi connectivity index (χ4v) is 4.99. The zero-order valence-electron chi connectivity index (χ0n) is 17.1. The summed E-state index contributed by atoms with van der Waals surface area (Å²) in [4.78, 5) is 30.7. The van der Waals surface area contributed by atoms with Crippen LogP contribution >= 0.6 is 11.6 Å². The summed E-state index contributed by atoms with van der Waals surface area (Å²) < 4.78 is 5.39. The maximum atomic E-state index is 13.1. The number of hydrogen-bond acceptors (Lipinski definition) is 3. The monoisotopic (exact) mass is 437 g/mol. The Kier molecular flexibility index (Phi) is 5.20. The Labute approximate surface area is 185 Å². The second-order valence-electron chi connectivity index (χ2n) is 8.28. The van der Waals surface area contributed by atoms with Crippen LogP contribution in [0.25, 0.3) is 22.0 Å². The molecule has 160 valence electrons. The minimum atomic E-state index is -0.478. The highest BCUT2D eigenvalue weighted by Crippen LogP contribution is 2.37. The van der Waals surface area contributed by atoms with Crippen molar-refractivity contribution in [3.05, 3.63) is 58.2 Å². The number of rotatable bonds is 3. The molecule has 1 saturated heterocycles. The first-order chi connectivity index (χ1) is 15.0. The van der Waals surface area contributed by atoms with E-state index in [4.69, 9.17) is 22.1 Å². The number of halogens is 1. The lowest BCUT2D eigenvalue weighted by atomic mass is 9.84. The molecule has 1 aliphatic heterocycles. The summed E-state index contributed by atoms with van der Waals surface area (Å²) in [6.07, 6.45) is 2.22. The van der Waals surface area contributed by atoms with Crippen molar-refractivity contribution in [1.29, 1.82) is 0 Å². The number of benzene rings is 2. The molecule has 0 bridgehead atoms. The minimum absolute atomic E-state index is 0.0588. The highest BCUT2D eigenvalue weighted by Gasteiger charge is 2.31. The number of nitrogens with one attached hydrogen (secondary N) is 1. The smallest absolute Gasteiger partial charge is 0.250 e. The van der Waals surface area contributed by atoms with E-state index in [1.54, 1.807) is 0 Å². The number of ether oxygens (including phenoxy) is 1. The summed E-state index contributed by atoms with van der Waals surface area (Å²) in [6, 6.07) is 11.4. The van der Waals surface area contributed by atoms with Crippen molar-refractivity contribution in [1.82, 2.24) is 9.88 Å². The first-order valence-electron chi connectivity index (χ1n) is 10.6. The average molecular weight is 438 g/mol. The Morgan fingerprint density at radius 2 is 1.94 bits per heavy atom. The maximum Gasteiger partial charge on any atom is 0.250 e. The Balaban J connectivity index is 1.57. The van der Waals surface area contributed by atoms with E-state index >= 15 is 0 Å². The van der Waals surface area contributed by atoms with E-state index in [2.05, 4.69) is 11.1 Å². The largest absolute Gasteiger partial charge is 0.378 e. The second kappa shape index (κ2) is 8.02. The topological polar surface area (TPSA) is 88.4 Å². The molecule has 1 atom stereocenters. The Bertz CT molecular complexity index is 1180. The van der Waals surface area contributed by atoms with Gasteiger partial charge < -0.3 is 20.4 Å². The van der Waals surface area contributed by atoms with Gasteiger partial charge in [-0.25, -0.2) is 0 Å². The number of aromatic amines is 1. The van der Waals surface area contributed by atoms with E-state index in [1.807, 2.05) is 35.2 Å². The Hall–Kier alpha value is -2.83. The SMILES string of the molecule is NC(=O)c1cc(-c2cccc(Cl)c2)cc2c3c([nH]c12)CCC(C(=O)N1CCOCC1)C3. The fourth-order valence-electron chi connectivity index (χ4n) is 4.80. The third-order valence-electron chi connectivity index (χ3n) is 6.39. The number of fused-ring (bicyclic) bond motifs is 3. The molecular formula is C24H24ClN3O3. The van der Waals surface area contributed by atoms with E-state index in [9.17, 15) is 9.59 Å². The van der Waals surface area contributed by atoms with Gasteiger partial charge in [-0.15, -0.1) is 0 Å². The van der Waals surface area contributed by atoms with Gasteiger partial charge in [0.2, 0.25) is 5.91 Å². The standard InChI is InChI=1S/C24H24ClN3O3/c25-17-3-1-2-14(10-17)16-12-19-18-11-15(24(30)28-6-8-31-9-7-28)4-5-21(18)27-22(19)20(13-16)23(26)29/h1-3,10,12-13,15,27H,4-9,11H2,(H2,26,29). The molecule has 5 rings (SSSR count). The van der Waals surface area contributed by atoms with Crippen LogP contribution in [0.3, 0.4) is 0 Å². The summed E-state index contributed by atoms with van der Waals surface area (Å²) >= 11 is 6.19. The van der Waals surface area contributed by atoms with Crippen molar-refractivity contribution in [3.63, 3.8) is 0 Å². The van der Waals surface area contributed by atoms with Gasteiger partial charge in [0.25, 0.3) is 5.91 Å². The van der Waals surface area contributed by atoms with Gasteiger partial charge in [-0.3, -0.25) is 9.59 Å². The Morgan fingerprint density at radius 1 is 1.13 bits per heavy atom. The number of primary amides is 1. The second-order valence-corrected chi connectivity index (χ2v) is 8.72. The summed E-state index contributed by atoms with van der Waals surface area (Å²) in [5.41, 5.74) is 10.9. The molecule has 2 amide bonds. The molecule has 1 unspecified atom stereocenters. The van der Waals surface area contributed by atoms with Crippen molar-refractivity contribution >= 4 is 34.3 Å². The third-order valence-corrected chi connectivity index (χ3v) is 6.63. The lowest BCUT2D eigenvalue weighted by molar-refractivity contribution is -0.140. The highest BCUT2D eigenvalue weighted by atomic mass is 35.5. The van der Waals surface area contributed by atoms with Gasteiger partial charge in [0, 0.05) is 35.1 Å². The molecule has 7 heteroatoms. The van der Waals surface area contributed by atoms with E-state index in [0.29, 0.717) is 43.3 Å². The van der Waals surface area contributed by atoms with Gasteiger partial charge in [-0.2, -0.15) is 0 Å². The first kappa shape index (κ1) is 20.1. The van der Waals surface area contributed by atoms with Crippen molar-refractivity contribution in [2.24, 2.45) is 11.7 Å². The van der Waals surface area contributed by atoms with Gasteiger partial charge in [-0.1, -0.05) is 23.7 Å². The number of H-pyrrole nitrogens is 1. The van der Waals surface area contributed by atoms with Crippen molar-refractivity contribution in [3.8, 4) is 11.1 Å². The van der Waals surface area contributed by atoms with Gasteiger partial charge in [0.1, 0.15) is 0 Å². The molecule has 3 N–H and O–H groups in total. The predicted octanol–water partition coefficient (Wildman–Crippen LogP) is 3.55.